The maximum absolute atomic E-state index is 6.79. The Kier molecular flexibility index (Phi) is 5.96. The van der Waals surface area contributed by atoms with E-state index in [9.17, 15) is 0 Å². The predicted octanol–water partition coefficient (Wildman–Crippen LogP) is 10.4. The second kappa shape index (κ2) is 9.47. The molecular weight excluding hydrogens is 517 g/mol. The second-order valence-electron chi connectivity index (χ2n) is 12.6. The monoisotopic (exact) mass is 552 g/mol. The normalized spacial score (nSPS) is 12.7. The van der Waals surface area contributed by atoms with E-state index in [-0.39, 0.29) is 5.04 Å². The van der Waals surface area contributed by atoms with Crippen molar-refractivity contribution in [2.24, 2.45) is 0 Å². The van der Waals surface area contributed by atoms with Gasteiger partial charge >= 0.3 is 0 Å². The van der Waals surface area contributed by atoms with Gasteiger partial charge in [-0.05, 0) is 66.2 Å². The molecule has 0 aliphatic rings. The Morgan fingerprint density at radius 1 is 0.537 bits per heavy atom. The summed E-state index contributed by atoms with van der Waals surface area (Å²) in [4.78, 5) is 0. The van der Waals surface area contributed by atoms with E-state index < -0.39 is 8.32 Å². The van der Waals surface area contributed by atoms with Crippen LogP contribution in [-0.2, 0) is 11.0 Å². The van der Waals surface area contributed by atoms with Crippen molar-refractivity contribution in [2.75, 3.05) is 0 Å². The highest BCUT2D eigenvalue weighted by atomic mass is 28.4. The van der Waals surface area contributed by atoms with Gasteiger partial charge in [0.1, 0.15) is 0 Å². The van der Waals surface area contributed by atoms with Gasteiger partial charge in [0, 0.05) is 32.9 Å². The lowest BCUT2D eigenvalue weighted by Crippen LogP contribution is -2.40. The van der Waals surface area contributed by atoms with E-state index in [1.165, 1.54) is 49.2 Å². The van der Waals surface area contributed by atoms with E-state index in [2.05, 4.69) is 158 Å². The number of fused-ring (bicyclic) bond motifs is 6. The summed E-state index contributed by atoms with van der Waals surface area (Å²) >= 11 is 0. The number of para-hydroxylation sites is 4. The summed E-state index contributed by atoms with van der Waals surface area (Å²) in [5.74, 6) is 0. The number of hydrogen-bond acceptors (Lipinski definition) is 1. The summed E-state index contributed by atoms with van der Waals surface area (Å²) in [6.45, 7) is 12.2. The van der Waals surface area contributed by atoms with E-state index in [1.54, 1.807) is 0 Å². The highest BCUT2D eigenvalue weighted by molar-refractivity contribution is 6.74. The molecule has 0 N–H and O–H groups in total. The SMILES string of the molecule is CC(C)(C)[Si](C)(C)OCc1cc(-n2c3ccccc3c3ccccc32)cc(-n2c3ccccc3c3ccccc32)c1. The van der Waals surface area contributed by atoms with Crippen LogP contribution >= 0.6 is 0 Å². The molecular formula is C37H36N2OSi. The number of hydrogen-bond donors (Lipinski definition) is 0. The maximum Gasteiger partial charge on any atom is 0.192 e. The van der Waals surface area contributed by atoms with E-state index in [0.29, 0.717) is 6.61 Å². The minimum Gasteiger partial charge on any atom is -0.413 e. The summed E-state index contributed by atoms with van der Waals surface area (Å²) in [7, 11) is -1.94. The Labute approximate surface area is 242 Å². The lowest BCUT2D eigenvalue weighted by Gasteiger charge is -2.36. The van der Waals surface area contributed by atoms with Crippen molar-refractivity contribution in [3.05, 3.63) is 121 Å². The Morgan fingerprint density at radius 3 is 1.22 bits per heavy atom. The van der Waals surface area contributed by atoms with Crippen LogP contribution in [0, 0.1) is 0 Å². The molecule has 0 aliphatic heterocycles. The fourth-order valence-corrected chi connectivity index (χ4v) is 6.84. The summed E-state index contributed by atoms with van der Waals surface area (Å²) in [6.07, 6.45) is 0. The Hall–Kier alpha value is -4.12. The molecule has 0 aliphatic carbocycles. The molecule has 0 atom stereocenters. The molecule has 0 bridgehead atoms. The Morgan fingerprint density at radius 2 is 0.878 bits per heavy atom. The minimum absolute atomic E-state index is 0.146. The third kappa shape index (κ3) is 4.21. The van der Waals surface area contributed by atoms with Gasteiger partial charge in [0.15, 0.2) is 8.32 Å². The van der Waals surface area contributed by atoms with Crippen molar-refractivity contribution >= 4 is 51.9 Å². The molecule has 204 valence electrons. The van der Waals surface area contributed by atoms with E-state index in [1.807, 2.05) is 0 Å². The van der Waals surface area contributed by atoms with Gasteiger partial charge in [-0.1, -0.05) is 93.6 Å². The standard InChI is InChI=1S/C37H36N2OSi/c1-37(2,3)41(4,5)40-25-26-22-27(38-33-18-10-6-14-29(33)30-15-7-11-19-34(30)38)24-28(23-26)39-35-20-12-8-16-31(35)32-17-9-13-21-36(32)39/h6-24H,25H2,1-5H3. The van der Waals surface area contributed by atoms with Crippen molar-refractivity contribution in [2.45, 2.75) is 45.5 Å². The third-order valence-electron chi connectivity index (χ3n) is 9.04. The van der Waals surface area contributed by atoms with Gasteiger partial charge in [-0.3, -0.25) is 0 Å². The zero-order chi connectivity index (χ0) is 28.4. The van der Waals surface area contributed by atoms with Crippen LogP contribution in [0.15, 0.2) is 115 Å². The fourth-order valence-electron chi connectivity index (χ4n) is 5.88. The molecule has 41 heavy (non-hydrogen) atoms. The van der Waals surface area contributed by atoms with Crippen molar-refractivity contribution in [1.29, 1.82) is 0 Å². The van der Waals surface area contributed by atoms with Crippen molar-refractivity contribution in [3.63, 3.8) is 0 Å². The highest BCUT2D eigenvalue weighted by Gasteiger charge is 2.37. The zero-order valence-corrected chi connectivity index (χ0v) is 25.5. The minimum atomic E-state index is -1.94. The predicted molar refractivity (Wildman–Crippen MR) is 177 cm³/mol. The van der Waals surface area contributed by atoms with Crippen LogP contribution in [0.3, 0.4) is 0 Å². The van der Waals surface area contributed by atoms with Gasteiger partial charge in [-0.25, -0.2) is 0 Å². The van der Waals surface area contributed by atoms with Crippen LogP contribution in [-0.4, -0.2) is 17.5 Å². The smallest absolute Gasteiger partial charge is 0.192 e. The van der Waals surface area contributed by atoms with E-state index >= 15 is 0 Å². The number of aromatic nitrogens is 2. The van der Waals surface area contributed by atoms with E-state index in [4.69, 9.17) is 4.43 Å². The molecule has 7 aromatic rings. The molecule has 0 radical (unpaired) electrons. The molecule has 2 aromatic heterocycles. The maximum atomic E-state index is 6.79. The first-order valence-corrected chi connectivity index (χ1v) is 17.4. The van der Waals surface area contributed by atoms with Crippen LogP contribution in [0.5, 0.6) is 0 Å². The van der Waals surface area contributed by atoms with Crippen molar-refractivity contribution in [1.82, 2.24) is 9.13 Å². The first-order chi connectivity index (χ1) is 19.7. The average Bonchev–Trinajstić information content (AvgIpc) is 3.49. The van der Waals surface area contributed by atoms with Gasteiger partial charge in [0.05, 0.1) is 28.7 Å². The first kappa shape index (κ1) is 25.8. The molecule has 0 spiro atoms. The molecule has 3 nitrogen and oxygen atoms in total. The number of benzene rings is 5. The van der Waals surface area contributed by atoms with Crippen LogP contribution in [0.2, 0.25) is 18.1 Å². The van der Waals surface area contributed by atoms with Crippen LogP contribution < -0.4 is 0 Å². The second-order valence-corrected chi connectivity index (χ2v) is 17.5. The summed E-state index contributed by atoms with van der Waals surface area (Å²) < 4.78 is 11.6. The molecule has 0 amide bonds. The van der Waals surface area contributed by atoms with Gasteiger partial charge in [0.2, 0.25) is 0 Å². The average molecular weight is 553 g/mol. The molecule has 0 saturated heterocycles. The summed E-state index contributed by atoms with van der Waals surface area (Å²) in [5.41, 5.74) is 8.33. The Balaban J connectivity index is 1.51. The molecule has 5 aromatic carbocycles. The Bertz CT molecular complexity index is 1830. The fraction of sp³-hybridized carbons (Fsp3) is 0.189. The van der Waals surface area contributed by atoms with Crippen molar-refractivity contribution in [3.8, 4) is 11.4 Å². The van der Waals surface area contributed by atoms with Gasteiger partial charge in [-0.15, -0.1) is 0 Å². The number of nitrogens with zero attached hydrogens (tertiary/aromatic N) is 2. The van der Waals surface area contributed by atoms with Gasteiger partial charge < -0.3 is 13.6 Å². The first-order valence-electron chi connectivity index (χ1n) is 14.5. The lowest BCUT2D eigenvalue weighted by molar-refractivity contribution is 0.276. The largest absolute Gasteiger partial charge is 0.413 e. The molecule has 0 unspecified atom stereocenters. The highest BCUT2D eigenvalue weighted by Crippen LogP contribution is 2.39. The quantitative estimate of drug-likeness (QED) is 0.194. The van der Waals surface area contributed by atoms with Crippen LogP contribution in [0.25, 0.3) is 55.0 Å². The molecule has 2 heterocycles. The van der Waals surface area contributed by atoms with Gasteiger partial charge in [-0.2, -0.15) is 0 Å². The third-order valence-corrected chi connectivity index (χ3v) is 13.5. The van der Waals surface area contributed by atoms with Gasteiger partial charge in [0.25, 0.3) is 0 Å². The molecule has 0 saturated carbocycles. The summed E-state index contributed by atoms with van der Waals surface area (Å²) in [5, 5.41) is 5.22. The zero-order valence-electron chi connectivity index (χ0n) is 24.5. The lowest BCUT2D eigenvalue weighted by atomic mass is 10.1. The van der Waals surface area contributed by atoms with Crippen LogP contribution in [0.4, 0.5) is 0 Å². The number of rotatable bonds is 5. The topological polar surface area (TPSA) is 19.1 Å². The summed E-state index contributed by atoms with van der Waals surface area (Å²) in [6, 6.07) is 41.9. The molecule has 0 fully saturated rings. The van der Waals surface area contributed by atoms with Crippen molar-refractivity contribution < 1.29 is 4.43 Å². The molecule has 4 heteroatoms. The van der Waals surface area contributed by atoms with E-state index in [0.717, 1.165) is 11.4 Å². The van der Waals surface area contributed by atoms with Crippen LogP contribution in [0.1, 0.15) is 26.3 Å². The molecule has 7 rings (SSSR count).